The average Bonchev–Trinajstić information content (AvgIpc) is 3.10. The number of aromatic amines is 1. The molecule has 0 bridgehead atoms. The van der Waals surface area contributed by atoms with Crippen molar-refractivity contribution in [2.45, 2.75) is 32.7 Å². The topological polar surface area (TPSA) is 96.5 Å². The van der Waals surface area contributed by atoms with E-state index in [1.54, 1.807) is 12.4 Å². The van der Waals surface area contributed by atoms with Gasteiger partial charge in [0.25, 0.3) is 5.91 Å². The number of carbonyl (C=O) groups is 1. The second-order valence-corrected chi connectivity index (χ2v) is 6.75. The summed E-state index contributed by atoms with van der Waals surface area (Å²) in [6, 6.07) is 5.64. The molecule has 3 aromatic heterocycles. The van der Waals surface area contributed by atoms with Crippen molar-refractivity contribution in [1.29, 1.82) is 0 Å². The van der Waals surface area contributed by atoms with E-state index < -0.39 is 0 Å². The minimum absolute atomic E-state index is 0.0330. The fraction of sp³-hybridized carbons (Fsp3) is 0.278. The van der Waals surface area contributed by atoms with E-state index in [-0.39, 0.29) is 11.3 Å². The molecule has 7 heteroatoms. The highest BCUT2D eigenvalue weighted by Gasteiger charge is 2.17. The standard InChI is InChI=1S/C18H20N6O/c1-18(2,3)15-7-14(23-24-15)11-22-17(25)13-9-20-16(21-10-13)12-5-4-6-19-8-12/h4-10H,11H2,1-3H3,(H,22,25)(H,23,24). The van der Waals surface area contributed by atoms with E-state index in [2.05, 4.69) is 51.2 Å². The highest BCUT2D eigenvalue weighted by molar-refractivity contribution is 5.93. The van der Waals surface area contributed by atoms with Gasteiger partial charge in [-0.15, -0.1) is 0 Å². The minimum atomic E-state index is -0.232. The Morgan fingerprint density at radius 3 is 2.56 bits per heavy atom. The molecule has 3 heterocycles. The summed E-state index contributed by atoms with van der Waals surface area (Å²) in [5.41, 5.74) is 2.99. The number of hydrogen-bond donors (Lipinski definition) is 2. The van der Waals surface area contributed by atoms with Gasteiger partial charge in [-0.2, -0.15) is 5.10 Å². The molecule has 0 aromatic carbocycles. The number of nitrogens with one attached hydrogen (secondary N) is 2. The summed E-state index contributed by atoms with van der Waals surface area (Å²) in [6.45, 7) is 6.64. The lowest BCUT2D eigenvalue weighted by Gasteiger charge is -2.13. The summed E-state index contributed by atoms with van der Waals surface area (Å²) < 4.78 is 0. The largest absolute Gasteiger partial charge is 0.346 e. The van der Waals surface area contributed by atoms with Crippen LogP contribution < -0.4 is 5.32 Å². The average molecular weight is 336 g/mol. The van der Waals surface area contributed by atoms with Gasteiger partial charge in [0.1, 0.15) is 0 Å². The summed E-state index contributed by atoms with van der Waals surface area (Å²) in [6.07, 6.45) is 6.39. The van der Waals surface area contributed by atoms with Gasteiger partial charge < -0.3 is 5.32 Å². The van der Waals surface area contributed by atoms with Crippen molar-refractivity contribution >= 4 is 5.91 Å². The van der Waals surface area contributed by atoms with Crippen molar-refractivity contribution in [3.05, 3.63) is 59.9 Å². The van der Waals surface area contributed by atoms with E-state index in [0.717, 1.165) is 17.0 Å². The maximum atomic E-state index is 12.2. The molecular formula is C18H20N6O. The summed E-state index contributed by atoms with van der Waals surface area (Å²) in [5.74, 6) is 0.303. The fourth-order valence-electron chi connectivity index (χ4n) is 2.20. The van der Waals surface area contributed by atoms with Gasteiger partial charge in [-0.05, 0) is 18.2 Å². The van der Waals surface area contributed by atoms with Crippen LogP contribution in [0.2, 0.25) is 0 Å². The second-order valence-electron chi connectivity index (χ2n) is 6.75. The first-order chi connectivity index (χ1) is 11.9. The van der Waals surface area contributed by atoms with Crippen LogP contribution in [0.5, 0.6) is 0 Å². The van der Waals surface area contributed by atoms with E-state index >= 15 is 0 Å². The molecule has 0 atom stereocenters. The Labute approximate surface area is 146 Å². The molecule has 0 spiro atoms. The lowest BCUT2D eigenvalue weighted by molar-refractivity contribution is 0.0949. The van der Waals surface area contributed by atoms with Gasteiger partial charge >= 0.3 is 0 Å². The maximum absolute atomic E-state index is 12.2. The molecule has 3 rings (SSSR count). The minimum Gasteiger partial charge on any atom is -0.346 e. The van der Waals surface area contributed by atoms with Gasteiger partial charge in [0, 0.05) is 35.8 Å². The molecular weight excluding hydrogens is 316 g/mol. The molecule has 1 amide bonds. The summed E-state index contributed by atoms with van der Waals surface area (Å²) in [5, 5.41) is 10.1. The van der Waals surface area contributed by atoms with Crippen molar-refractivity contribution in [1.82, 2.24) is 30.5 Å². The van der Waals surface area contributed by atoms with Crippen LogP contribution in [-0.2, 0) is 12.0 Å². The van der Waals surface area contributed by atoms with Crippen LogP contribution in [0.3, 0.4) is 0 Å². The first-order valence-corrected chi connectivity index (χ1v) is 7.99. The number of H-pyrrole nitrogens is 1. The zero-order chi connectivity index (χ0) is 17.9. The van der Waals surface area contributed by atoms with Crippen LogP contribution in [0.1, 0.15) is 42.5 Å². The number of nitrogens with zero attached hydrogens (tertiary/aromatic N) is 4. The van der Waals surface area contributed by atoms with Crippen LogP contribution in [0.4, 0.5) is 0 Å². The van der Waals surface area contributed by atoms with Gasteiger partial charge in [0.2, 0.25) is 0 Å². The molecule has 0 aliphatic rings. The molecule has 2 N–H and O–H groups in total. The molecule has 3 aromatic rings. The van der Waals surface area contributed by atoms with Gasteiger partial charge in [0.05, 0.1) is 23.5 Å². The summed E-state index contributed by atoms with van der Waals surface area (Å²) in [4.78, 5) is 24.7. The van der Waals surface area contributed by atoms with Crippen LogP contribution in [0, 0.1) is 0 Å². The molecule has 25 heavy (non-hydrogen) atoms. The predicted octanol–water partition coefficient (Wildman–Crippen LogP) is 2.49. The molecule has 0 aliphatic carbocycles. The van der Waals surface area contributed by atoms with Crippen molar-refractivity contribution in [2.75, 3.05) is 0 Å². The second kappa shape index (κ2) is 6.80. The number of pyridine rings is 1. The SMILES string of the molecule is CC(C)(C)c1cc(CNC(=O)c2cnc(-c3cccnc3)nc2)[nH]n1. The van der Waals surface area contributed by atoms with Gasteiger partial charge in [-0.25, -0.2) is 9.97 Å². The molecule has 0 unspecified atom stereocenters. The van der Waals surface area contributed by atoms with Crippen molar-refractivity contribution in [2.24, 2.45) is 0 Å². The molecule has 7 nitrogen and oxygen atoms in total. The summed E-state index contributed by atoms with van der Waals surface area (Å²) in [7, 11) is 0. The maximum Gasteiger partial charge on any atom is 0.254 e. The number of rotatable bonds is 4. The Morgan fingerprint density at radius 1 is 1.20 bits per heavy atom. The zero-order valence-electron chi connectivity index (χ0n) is 14.4. The van der Waals surface area contributed by atoms with Crippen LogP contribution in [0.25, 0.3) is 11.4 Å². The van der Waals surface area contributed by atoms with E-state index in [1.165, 1.54) is 12.4 Å². The lowest BCUT2D eigenvalue weighted by Crippen LogP contribution is -2.23. The van der Waals surface area contributed by atoms with Crippen LogP contribution >= 0.6 is 0 Å². The number of hydrogen-bond acceptors (Lipinski definition) is 5. The Balaban J connectivity index is 1.63. The van der Waals surface area contributed by atoms with E-state index in [4.69, 9.17) is 0 Å². The quantitative estimate of drug-likeness (QED) is 0.763. The first-order valence-electron chi connectivity index (χ1n) is 7.99. The third kappa shape index (κ3) is 4.06. The van der Waals surface area contributed by atoms with E-state index in [1.807, 2.05) is 18.2 Å². The highest BCUT2D eigenvalue weighted by atomic mass is 16.1. The third-order valence-electron chi connectivity index (χ3n) is 3.67. The Hall–Kier alpha value is -3.09. The number of carbonyl (C=O) groups excluding carboxylic acids is 1. The van der Waals surface area contributed by atoms with Gasteiger partial charge in [-0.3, -0.25) is 14.9 Å². The highest BCUT2D eigenvalue weighted by Crippen LogP contribution is 2.20. The van der Waals surface area contributed by atoms with Crippen LogP contribution in [-0.4, -0.2) is 31.1 Å². The number of amides is 1. The van der Waals surface area contributed by atoms with E-state index in [9.17, 15) is 4.79 Å². The summed E-state index contributed by atoms with van der Waals surface area (Å²) >= 11 is 0. The molecule has 0 saturated carbocycles. The van der Waals surface area contributed by atoms with Gasteiger partial charge in [0.15, 0.2) is 5.82 Å². The molecule has 0 saturated heterocycles. The molecule has 0 radical (unpaired) electrons. The number of aromatic nitrogens is 5. The third-order valence-corrected chi connectivity index (χ3v) is 3.67. The normalized spacial score (nSPS) is 11.3. The Morgan fingerprint density at radius 2 is 1.96 bits per heavy atom. The monoisotopic (exact) mass is 336 g/mol. The van der Waals surface area contributed by atoms with Crippen molar-refractivity contribution < 1.29 is 4.79 Å². The Bertz CT molecular complexity index is 849. The molecule has 128 valence electrons. The molecule has 0 aliphatic heterocycles. The zero-order valence-corrected chi connectivity index (χ0v) is 14.4. The smallest absolute Gasteiger partial charge is 0.254 e. The fourth-order valence-corrected chi connectivity index (χ4v) is 2.20. The molecule has 0 fully saturated rings. The first kappa shape index (κ1) is 16.8. The predicted molar refractivity (Wildman–Crippen MR) is 93.7 cm³/mol. The van der Waals surface area contributed by atoms with Crippen molar-refractivity contribution in [3.8, 4) is 11.4 Å². The Kier molecular flexibility index (Phi) is 4.56. The van der Waals surface area contributed by atoms with Crippen molar-refractivity contribution in [3.63, 3.8) is 0 Å². The lowest BCUT2D eigenvalue weighted by atomic mass is 9.92. The van der Waals surface area contributed by atoms with Crippen LogP contribution in [0.15, 0.2) is 43.0 Å². The van der Waals surface area contributed by atoms with Gasteiger partial charge in [-0.1, -0.05) is 20.8 Å². The van der Waals surface area contributed by atoms with E-state index in [0.29, 0.717) is 17.9 Å².